The monoisotopic (exact) mass is 617 g/mol. The molecule has 2 heterocycles. The topological polar surface area (TPSA) is 31.0 Å². The van der Waals surface area contributed by atoms with Gasteiger partial charge in [0.1, 0.15) is 17.0 Å². The summed E-state index contributed by atoms with van der Waals surface area (Å²) >= 11 is 0. The van der Waals surface area contributed by atoms with Gasteiger partial charge in [-0.3, -0.25) is 4.57 Å². The molecule has 3 nitrogen and oxygen atoms in total. The molecule has 0 N–H and O–H groups in total. The van der Waals surface area contributed by atoms with Crippen molar-refractivity contribution in [1.82, 2.24) is 9.55 Å². The number of rotatable bonds is 4. The molecule has 0 bridgehead atoms. The van der Waals surface area contributed by atoms with Crippen LogP contribution in [0.3, 0.4) is 0 Å². The normalized spacial score (nSPS) is 13.2. The highest BCUT2D eigenvalue weighted by atomic mass is 16.3. The first-order valence-electron chi connectivity index (χ1n) is 18.4. The minimum Gasteiger partial charge on any atom is -0.456 e. The Morgan fingerprint density at radius 1 is 0.500 bits per heavy atom. The Bertz CT molecular complexity index is 3060. The van der Waals surface area contributed by atoms with Gasteiger partial charge in [0.25, 0.3) is 0 Å². The molecule has 0 aliphatic rings. The third-order valence-electron chi connectivity index (χ3n) is 9.30. The second kappa shape index (κ2) is 10.5. The fourth-order valence-electron chi connectivity index (χ4n) is 7.29. The average Bonchev–Trinajstić information content (AvgIpc) is 3.76. The lowest BCUT2D eigenvalue weighted by Gasteiger charge is -2.20. The summed E-state index contributed by atoms with van der Waals surface area (Å²) in [6, 6.07) is 45.4. The maximum absolute atomic E-state index is 8.90. The van der Waals surface area contributed by atoms with Crippen molar-refractivity contribution in [2.24, 2.45) is 0 Å². The van der Waals surface area contributed by atoms with E-state index in [0.717, 1.165) is 76.9 Å². The first-order valence-corrected chi connectivity index (χ1v) is 15.9. The number of imidazole rings is 1. The van der Waals surface area contributed by atoms with E-state index in [1.54, 1.807) is 0 Å². The number of aromatic nitrogens is 2. The summed E-state index contributed by atoms with van der Waals surface area (Å²) in [7, 11) is 0. The predicted octanol–water partition coefficient (Wildman–Crippen LogP) is 12.2. The fraction of sp³-hybridized carbons (Fsp3) is 0. The summed E-state index contributed by atoms with van der Waals surface area (Å²) in [5.41, 5.74) is 8.08. The molecular weight excluding hydrogens is 585 g/mol. The molecule has 10 rings (SSSR count). The first kappa shape index (κ1) is 22.1. The zero-order valence-corrected chi connectivity index (χ0v) is 25.6. The fourth-order valence-corrected chi connectivity index (χ4v) is 7.29. The smallest absolute Gasteiger partial charge is 0.145 e. The van der Waals surface area contributed by atoms with Crippen LogP contribution >= 0.6 is 0 Å². The molecule has 0 aliphatic heterocycles. The van der Waals surface area contributed by atoms with Crippen LogP contribution in [-0.4, -0.2) is 9.55 Å². The molecule has 0 aliphatic carbocycles. The first-order chi connectivity index (χ1) is 25.9. The van der Waals surface area contributed by atoms with E-state index in [1.165, 1.54) is 0 Å². The van der Waals surface area contributed by atoms with E-state index in [2.05, 4.69) is 78.9 Å². The van der Waals surface area contributed by atoms with Gasteiger partial charge >= 0.3 is 0 Å². The molecule has 8 aromatic carbocycles. The minimum absolute atomic E-state index is 0.0502. The molecule has 0 fully saturated rings. The second-order valence-electron chi connectivity index (χ2n) is 11.9. The third kappa shape index (κ3) is 3.98. The highest BCUT2D eigenvalue weighted by Gasteiger charge is 2.22. The van der Waals surface area contributed by atoms with Crippen molar-refractivity contribution in [3.05, 3.63) is 170 Å². The van der Waals surface area contributed by atoms with Gasteiger partial charge in [-0.1, -0.05) is 133 Å². The Balaban J connectivity index is 1.30. The van der Waals surface area contributed by atoms with Crippen LogP contribution in [0.1, 0.15) is 6.85 Å². The van der Waals surface area contributed by atoms with Gasteiger partial charge in [-0.05, 0) is 74.6 Å². The van der Waals surface area contributed by atoms with Crippen LogP contribution < -0.4 is 0 Å². The van der Waals surface area contributed by atoms with Crippen molar-refractivity contribution in [1.29, 1.82) is 0 Å². The number of hydrogen-bond acceptors (Lipinski definition) is 2. The molecule has 224 valence electrons. The van der Waals surface area contributed by atoms with E-state index in [-0.39, 0.29) is 23.5 Å². The van der Waals surface area contributed by atoms with E-state index >= 15 is 0 Å². The molecule has 10 aromatic rings. The molecule has 0 atom stereocenters. The van der Waals surface area contributed by atoms with E-state index < -0.39 is 18.1 Å². The van der Waals surface area contributed by atoms with Gasteiger partial charge in [0.2, 0.25) is 0 Å². The maximum atomic E-state index is 8.90. The van der Waals surface area contributed by atoms with Crippen LogP contribution in [0, 0.1) is 0 Å². The molecule has 0 amide bonds. The van der Waals surface area contributed by atoms with Gasteiger partial charge in [-0.25, -0.2) is 4.98 Å². The SMILES string of the molecule is [2H]c1c([2H])c([2H])c(-c2nc3ccccc3n2-c2ccccc2-c2c3ccccc3c(-c3ccc4oc5ccccc5c4c3)c3ccccc23)c([2H])c1[2H]. The molecule has 3 heteroatoms. The predicted molar refractivity (Wildman–Crippen MR) is 200 cm³/mol. The van der Waals surface area contributed by atoms with E-state index in [4.69, 9.17) is 16.3 Å². The van der Waals surface area contributed by atoms with Crippen LogP contribution in [0.2, 0.25) is 0 Å². The summed E-state index contributed by atoms with van der Waals surface area (Å²) in [6.45, 7) is 0. The largest absolute Gasteiger partial charge is 0.456 e. The number of hydrogen-bond donors (Lipinski definition) is 0. The molecule has 2 aromatic heterocycles. The lowest BCUT2D eigenvalue weighted by Crippen LogP contribution is -2.01. The standard InChI is InChI=1S/C45H28N2O/c1-2-14-29(15-3-1)45-46-38-22-10-12-24-40(38)47(45)39-23-11-8-21-36(39)44-34-19-6-4-17-32(34)43(33-18-5-7-20-35(33)44)30-26-27-42-37(28-30)31-16-9-13-25-41(31)48-42/h1-28H/i1D,2D,3D,14D,15D. The number of fused-ring (bicyclic) bond motifs is 6. The molecule has 48 heavy (non-hydrogen) atoms. The minimum atomic E-state index is -0.440. The number of furan rings is 1. The quantitative estimate of drug-likeness (QED) is 0.184. The summed E-state index contributed by atoms with van der Waals surface area (Å²) in [5, 5.41) is 6.42. The van der Waals surface area contributed by atoms with E-state index in [0.29, 0.717) is 5.52 Å². The zero-order valence-electron chi connectivity index (χ0n) is 30.6. The molecule has 0 spiro atoms. The number of nitrogens with zero attached hydrogens (tertiary/aromatic N) is 2. The van der Waals surface area contributed by atoms with Gasteiger partial charge in [-0.15, -0.1) is 0 Å². The van der Waals surface area contributed by atoms with Crippen LogP contribution in [0.4, 0.5) is 0 Å². The summed E-state index contributed by atoms with van der Waals surface area (Å²) in [4.78, 5) is 4.94. The van der Waals surface area contributed by atoms with Gasteiger partial charge < -0.3 is 4.42 Å². The van der Waals surface area contributed by atoms with Gasteiger partial charge in [0.15, 0.2) is 0 Å². The molecule has 0 unspecified atom stereocenters. The Morgan fingerprint density at radius 2 is 1.10 bits per heavy atom. The van der Waals surface area contributed by atoms with Crippen molar-refractivity contribution < 1.29 is 11.3 Å². The van der Waals surface area contributed by atoms with Crippen LogP contribution in [0.15, 0.2) is 174 Å². The number of para-hydroxylation sites is 4. The summed E-state index contributed by atoms with van der Waals surface area (Å²) in [6.07, 6.45) is 0. The van der Waals surface area contributed by atoms with Crippen molar-refractivity contribution in [3.63, 3.8) is 0 Å². The number of benzene rings is 8. The molecule has 0 radical (unpaired) electrons. The zero-order chi connectivity index (χ0) is 36.0. The molecule has 0 saturated carbocycles. The van der Waals surface area contributed by atoms with Gasteiger partial charge in [-0.2, -0.15) is 0 Å². The molecule has 0 saturated heterocycles. The van der Waals surface area contributed by atoms with Crippen molar-refractivity contribution in [3.8, 4) is 39.3 Å². The second-order valence-corrected chi connectivity index (χ2v) is 11.9. The molecular formula is C45H28N2O. The van der Waals surface area contributed by atoms with E-state index in [1.807, 2.05) is 65.2 Å². The highest BCUT2D eigenvalue weighted by molar-refractivity contribution is 6.22. The average molecular weight is 618 g/mol. The van der Waals surface area contributed by atoms with Crippen LogP contribution in [0.5, 0.6) is 0 Å². The Kier molecular flexibility index (Phi) is 4.86. The van der Waals surface area contributed by atoms with Crippen molar-refractivity contribution in [2.75, 3.05) is 0 Å². The lowest BCUT2D eigenvalue weighted by molar-refractivity contribution is 0.669. The van der Waals surface area contributed by atoms with Gasteiger partial charge in [0.05, 0.1) is 23.6 Å². The van der Waals surface area contributed by atoms with Crippen LogP contribution in [-0.2, 0) is 0 Å². The Morgan fingerprint density at radius 3 is 1.88 bits per heavy atom. The lowest BCUT2D eigenvalue weighted by atomic mass is 9.85. The Labute approximate surface area is 284 Å². The van der Waals surface area contributed by atoms with Crippen molar-refractivity contribution in [2.45, 2.75) is 0 Å². The van der Waals surface area contributed by atoms with Crippen molar-refractivity contribution >= 4 is 54.5 Å². The third-order valence-corrected chi connectivity index (χ3v) is 9.30. The van der Waals surface area contributed by atoms with Gasteiger partial charge in [0, 0.05) is 21.9 Å². The summed E-state index contributed by atoms with van der Waals surface area (Å²) < 4.78 is 51.1. The Hall–Kier alpha value is -6.45. The maximum Gasteiger partial charge on any atom is 0.145 e. The highest BCUT2D eigenvalue weighted by Crippen LogP contribution is 2.46. The summed E-state index contributed by atoms with van der Waals surface area (Å²) in [5.74, 6) is 0.279. The van der Waals surface area contributed by atoms with Crippen LogP contribution in [0.25, 0.3) is 93.8 Å². The van der Waals surface area contributed by atoms with E-state index in [9.17, 15) is 0 Å².